The molecule has 0 N–H and O–H groups in total. The van der Waals surface area contributed by atoms with Gasteiger partial charge in [-0.15, -0.1) is 0 Å². The molecule has 0 heterocycles. The summed E-state index contributed by atoms with van der Waals surface area (Å²) in [5.74, 6) is 0. The summed E-state index contributed by atoms with van der Waals surface area (Å²) < 4.78 is 16.8. The van der Waals surface area contributed by atoms with Gasteiger partial charge in [-0.1, -0.05) is 17.7 Å². The van der Waals surface area contributed by atoms with Gasteiger partial charge in [-0.3, -0.25) is 0 Å². The predicted molar refractivity (Wildman–Crippen MR) is 60.4 cm³/mol. The molecule has 14 heavy (non-hydrogen) atoms. The highest BCUT2D eigenvalue weighted by atomic mass is 35.5. The van der Waals surface area contributed by atoms with E-state index in [1.165, 1.54) is 5.54 Å². The molecule has 0 unspecified atom stereocenters. The van der Waals surface area contributed by atoms with E-state index in [0.717, 1.165) is 0 Å². The van der Waals surface area contributed by atoms with Crippen LogP contribution in [0.25, 0.3) is 0 Å². The van der Waals surface area contributed by atoms with Crippen LogP contribution in [0.5, 0.6) is 0 Å². The minimum absolute atomic E-state index is 0.600. The molecule has 0 aliphatic heterocycles. The minimum Gasteiger partial charge on any atom is -0.374 e. The molecule has 0 amide bonds. The van der Waals surface area contributed by atoms with E-state index < -0.39 is 8.80 Å². The van der Waals surface area contributed by atoms with E-state index in [-0.39, 0.29) is 0 Å². The first-order chi connectivity index (χ1) is 6.74. The van der Waals surface area contributed by atoms with Gasteiger partial charge in [-0.25, -0.2) is 0 Å². The molecule has 0 aromatic rings. The largest absolute Gasteiger partial charge is 0.504 e. The molecule has 0 radical (unpaired) electrons. The highest BCUT2D eigenvalue weighted by molar-refractivity contribution is 6.61. The van der Waals surface area contributed by atoms with Crippen LogP contribution < -0.4 is 0 Å². The second-order valence-electron chi connectivity index (χ2n) is 2.55. The van der Waals surface area contributed by atoms with Crippen LogP contribution in [0.1, 0.15) is 20.8 Å². The van der Waals surface area contributed by atoms with Crippen LogP contribution in [-0.4, -0.2) is 28.6 Å². The fourth-order valence-electron chi connectivity index (χ4n) is 1.15. The summed E-state index contributed by atoms with van der Waals surface area (Å²) in [7, 11) is -2.49. The molecule has 0 aliphatic carbocycles. The lowest BCUT2D eigenvalue weighted by atomic mass is 10.8. The maximum absolute atomic E-state index is 5.60. The third-order valence-corrected chi connectivity index (χ3v) is 4.65. The van der Waals surface area contributed by atoms with Gasteiger partial charge in [0.15, 0.2) is 0 Å². The highest BCUT2D eigenvalue weighted by Gasteiger charge is 2.38. The van der Waals surface area contributed by atoms with Crippen LogP contribution >= 0.6 is 11.6 Å². The third-order valence-electron chi connectivity index (χ3n) is 1.55. The number of allylic oxidation sites excluding steroid dienone is 1. The maximum Gasteiger partial charge on any atom is 0.504 e. The number of hydrogen-bond donors (Lipinski definition) is 0. The Balaban J connectivity index is 4.36. The standard InChI is InChI=1S/C9H19ClO3Si/c1-4-11-14(12-5-2,13-6-3)9-7-8-10/h7-8H,4-6,9H2,1-3H3. The van der Waals surface area contributed by atoms with Gasteiger partial charge in [0.05, 0.1) is 0 Å². The Bertz CT molecular complexity index is 147. The number of rotatable bonds is 8. The molecular weight excluding hydrogens is 220 g/mol. The predicted octanol–water partition coefficient (Wildman–Crippen LogP) is 2.79. The Labute approximate surface area is 92.4 Å². The van der Waals surface area contributed by atoms with Gasteiger partial charge in [0.1, 0.15) is 0 Å². The lowest BCUT2D eigenvalue weighted by Crippen LogP contribution is -2.45. The Kier molecular flexibility index (Phi) is 8.51. The summed E-state index contributed by atoms with van der Waals surface area (Å²) in [4.78, 5) is 0. The van der Waals surface area contributed by atoms with Crippen LogP contribution in [0.3, 0.4) is 0 Å². The van der Waals surface area contributed by atoms with Crippen molar-refractivity contribution in [3.05, 3.63) is 11.6 Å². The Hall–Kier alpha value is 0.127. The average molecular weight is 239 g/mol. The molecule has 0 aromatic carbocycles. The van der Waals surface area contributed by atoms with E-state index in [9.17, 15) is 0 Å². The van der Waals surface area contributed by atoms with Crippen LogP contribution in [-0.2, 0) is 13.3 Å². The van der Waals surface area contributed by atoms with Gasteiger partial charge in [-0.05, 0) is 20.8 Å². The average Bonchev–Trinajstić information content (AvgIpc) is 2.16. The molecule has 0 fully saturated rings. The van der Waals surface area contributed by atoms with E-state index in [4.69, 9.17) is 24.9 Å². The van der Waals surface area contributed by atoms with E-state index in [1.807, 2.05) is 26.8 Å². The van der Waals surface area contributed by atoms with E-state index in [2.05, 4.69) is 0 Å². The highest BCUT2D eigenvalue weighted by Crippen LogP contribution is 2.16. The van der Waals surface area contributed by atoms with E-state index in [0.29, 0.717) is 25.9 Å². The van der Waals surface area contributed by atoms with Gasteiger partial charge in [0.25, 0.3) is 0 Å². The van der Waals surface area contributed by atoms with Crippen molar-refractivity contribution in [2.75, 3.05) is 19.8 Å². The van der Waals surface area contributed by atoms with Crippen molar-refractivity contribution in [1.82, 2.24) is 0 Å². The monoisotopic (exact) mass is 238 g/mol. The molecule has 84 valence electrons. The summed E-state index contributed by atoms with van der Waals surface area (Å²) in [5.41, 5.74) is 1.47. The molecule has 0 aromatic heterocycles. The van der Waals surface area contributed by atoms with Crippen LogP contribution in [0.15, 0.2) is 11.6 Å². The Morgan fingerprint density at radius 1 is 1.00 bits per heavy atom. The zero-order valence-corrected chi connectivity index (χ0v) is 10.8. The molecule has 0 atom stereocenters. The molecule has 0 saturated heterocycles. The number of halogens is 1. The van der Waals surface area contributed by atoms with Crippen molar-refractivity contribution in [3.8, 4) is 0 Å². The second kappa shape index (κ2) is 8.44. The summed E-state index contributed by atoms with van der Waals surface area (Å²) in [6.07, 6.45) is 1.81. The van der Waals surface area contributed by atoms with Crippen molar-refractivity contribution < 1.29 is 13.3 Å². The lowest BCUT2D eigenvalue weighted by molar-refractivity contribution is 0.0743. The third kappa shape index (κ3) is 5.12. The van der Waals surface area contributed by atoms with Gasteiger partial charge in [-0.2, -0.15) is 0 Å². The summed E-state index contributed by atoms with van der Waals surface area (Å²) in [6, 6.07) is 0.631. The van der Waals surface area contributed by atoms with Crippen LogP contribution in [0, 0.1) is 0 Å². The molecule has 0 rings (SSSR count). The van der Waals surface area contributed by atoms with Crippen molar-refractivity contribution in [2.45, 2.75) is 26.8 Å². The van der Waals surface area contributed by atoms with Crippen LogP contribution in [0.4, 0.5) is 0 Å². The lowest BCUT2D eigenvalue weighted by Gasteiger charge is -2.27. The zero-order chi connectivity index (χ0) is 10.9. The normalized spacial score (nSPS) is 12.6. The summed E-state index contributed by atoms with van der Waals surface area (Å²) in [6.45, 7) is 7.60. The van der Waals surface area contributed by atoms with E-state index >= 15 is 0 Å². The summed E-state index contributed by atoms with van der Waals surface area (Å²) >= 11 is 5.48. The minimum atomic E-state index is -2.49. The van der Waals surface area contributed by atoms with Crippen molar-refractivity contribution >= 4 is 20.4 Å². The van der Waals surface area contributed by atoms with Gasteiger partial charge in [0, 0.05) is 31.4 Å². The van der Waals surface area contributed by atoms with Crippen LogP contribution in [0.2, 0.25) is 6.04 Å². The van der Waals surface area contributed by atoms with Gasteiger partial charge in [0.2, 0.25) is 0 Å². The Morgan fingerprint density at radius 2 is 1.43 bits per heavy atom. The fourth-order valence-corrected chi connectivity index (χ4v) is 3.72. The SMILES string of the molecule is CCO[Si](CC=CCl)(OCC)OCC. The maximum atomic E-state index is 5.60. The molecule has 0 spiro atoms. The molecular formula is C9H19ClO3Si. The van der Waals surface area contributed by atoms with Gasteiger partial charge < -0.3 is 13.3 Å². The van der Waals surface area contributed by atoms with Crippen molar-refractivity contribution in [2.24, 2.45) is 0 Å². The first-order valence-electron chi connectivity index (χ1n) is 4.91. The molecule has 3 nitrogen and oxygen atoms in total. The Morgan fingerprint density at radius 3 is 1.71 bits per heavy atom. The zero-order valence-electron chi connectivity index (χ0n) is 9.09. The first-order valence-corrected chi connectivity index (χ1v) is 7.28. The first kappa shape index (κ1) is 14.1. The molecule has 0 bridgehead atoms. The quantitative estimate of drug-likeness (QED) is 0.609. The van der Waals surface area contributed by atoms with Crippen molar-refractivity contribution in [1.29, 1.82) is 0 Å². The van der Waals surface area contributed by atoms with E-state index in [1.54, 1.807) is 0 Å². The van der Waals surface area contributed by atoms with Gasteiger partial charge >= 0.3 is 8.80 Å². The smallest absolute Gasteiger partial charge is 0.374 e. The fraction of sp³-hybridized carbons (Fsp3) is 0.778. The number of hydrogen-bond acceptors (Lipinski definition) is 3. The molecule has 5 heteroatoms. The summed E-state index contributed by atoms with van der Waals surface area (Å²) in [5, 5.41) is 0. The molecule has 0 saturated carbocycles. The topological polar surface area (TPSA) is 27.7 Å². The van der Waals surface area contributed by atoms with Crippen molar-refractivity contribution in [3.63, 3.8) is 0 Å². The molecule has 0 aliphatic rings. The second-order valence-corrected chi connectivity index (χ2v) is 5.44.